The molecule has 9 nitrogen and oxygen atoms in total. The van der Waals surface area contributed by atoms with E-state index >= 15 is 0 Å². The number of hydrogen-bond acceptors (Lipinski definition) is 7. The summed E-state index contributed by atoms with van der Waals surface area (Å²) in [5, 5.41) is 18.2. The molecule has 3 rings (SSSR count). The molecule has 1 unspecified atom stereocenters. The Bertz CT molecular complexity index is 832. The molecule has 1 atom stereocenters. The minimum atomic E-state index is -1.14. The largest absolute Gasteiger partial charge is 0.381 e. The summed E-state index contributed by atoms with van der Waals surface area (Å²) in [5.74, 6) is 0.497. The predicted octanol–water partition coefficient (Wildman–Crippen LogP) is 2.81. The molecule has 1 aromatic heterocycles. The summed E-state index contributed by atoms with van der Waals surface area (Å²) < 4.78 is 12.9. The Morgan fingerprint density at radius 1 is 1.34 bits per heavy atom. The molecule has 0 radical (unpaired) electrons. The van der Waals surface area contributed by atoms with Gasteiger partial charge in [-0.05, 0) is 41.1 Å². The fourth-order valence-corrected chi connectivity index (χ4v) is 3.58. The Labute approximate surface area is 172 Å². The number of benzene rings is 1. The number of rotatable bonds is 10. The van der Waals surface area contributed by atoms with E-state index in [9.17, 15) is 4.79 Å². The number of anilines is 2. The second-order valence-corrected chi connectivity index (χ2v) is 14.1. The first-order chi connectivity index (χ1) is 13.8. The van der Waals surface area contributed by atoms with Crippen molar-refractivity contribution in [1.82, 2.24) is 20.2 Å². The molecule has 0 bridgehead atoms. The van der Waals surface area contributed by atoms with Crippen molar-refractivity contribution in [1.29, 1.82) is 0 Å². The van der Waals surface area contributed by atoms with E-state index in [0.29, 0.717) is 31.4 Å². The van der Waals surface area contributed by atoms with Gasteiger partial charge in [-0.2, -0.15) is 4.68 Å². The molecule has 1 amide bonds. The Balaban J connectivity index is 1.72. The van der Waals surface area contributed by atoms with Crippen LogP contribution in [0.2, 0.25) is 25.7 Å². The van der Waals surface area contributed by atoms with Crippen LogP contribution in [0.4, 0.5) is 11.4 Å². The van der Waals surface area contributed by atoms with Crippen LogP contribution in [0, 0.1) is 0 Å². The van der Waals surface area contributed by atoms with Gasteiger partial charge >= 0.3 is 0 Å². The predicted molar refractivity (Wildman–Crippen MR) is 115 cm³/mol. The monoisotopic (exact) mass is 418 g/mol. The number of hydrogen-bond donors (Lipinski definition) is 2. The smallest absolute Gasteiger partial charge is 0.221 e. The summed E-state index contributed by atoms with van der Waals surface area (Å²) >= 11 is 0. The number of tetrazole rings is 1. The molecule has 1 saturated heterocycles. The summed E-state index contributed by atoms with van der Waals surface area (Å²) in [4.78, 5) is 11.5. The summed E-state index contributed by atoms with van der Waals surface area (Å²) in [6.45, 7) is 10.9. The molecule has 1 fully saturated rings. The summed E-state index contributed by atoms with van der Waals surface area (Å²) in [7, 11) is -1.14. The second-order valence-electron chi connectivity index (χ2n) is 8.45. The lowest BCUT2D eigenvalue weighted by atomic mass is 10.1. The summed E-state index contributed by atoms with van der Waals surface area (Å²) in [6, 6.07) is 6.77. The zero-order valence-corrected chi connectivity index (χ0v) is 18.6. The number of ether oxygens (including phenoxy) is 2. The Hall–Kier alpha value is -2.30. The van der Waals surface area contributed by atoms with Gasteiger partial charge < -0.3 is 20.1 Å². The summed E-state index contributed by atoms with van der Waals surface area (Å²) in [6.07, 6.45) is 1.24. The average Bonchev–Trinajstić information content (AvgIpc) is 3.06. The van der Waals surface area contributed by atoms with Gasteiger partial charge in [0.15, 0.2) is 5.82 Å². The number of nitrogens with one attached hydrogen (secondary N) is 2. The van der Waals surface area contributed by atoms with Gasteiger partial charge in [0, 0.05) is 40.3 Å². The molecule has 2 heterocycles. The number of aromatic nitrogens is 4. The van der Waals surface area contributed by atoms with E-state index in [1.807, 2.05) is 18.2 Å². The molecule has 0 saturated carbocycles. The first-order valence-electron chi connectivity index (χ1n) is 9.93. The van der Waals surface area contributed by atoms with E-state index in [-0.39, 0.29) is 12.0 Å². The maximum atomic E-state index is 11.5. The van der Waals surface area contributed by atoms with Gasteiger partial charge in [0.25, 0.3) is 0 Å². The van der Waals surface area contributed by atoms with Gasteiger partial charge in [-0.15, -0.1) is 5.10 Å². The standard InChI is InChI=1S/C19H30N6O3Si/c1-14(26)21-17-6-5-15(11-18(17)20-12-16-7-8-28-16)19-22-23-24-25(19)13-27-9-10-29(2,3)4/h5-6,11,16,20H,7-10,12-13H2,1-4H3,(H,21,26). The van der Waals surface area contributed by atoms with Crippen molar-refractivity contribution in [2.45, 2.75) is 51.9 Å². The van der Waals surface area contributed by atoms with Gasteiger partial charge in [-0.25, -0.2) is 0 Å². The molecular formula is C19H30N6O3Si. The number of carbonyl (C=O) groups excluding carboxylic acids is 1. The van der Waals surface area contributed by atoms with Crippen LogP contribution in [0.3, 0.4) is 0 Å². The van der Waals surface area contributed by atoms with Crippen molar-refractivity contribution in [3.05, 3.63) is 18.2 Å². The van der Waals surface area contributed by atoms with Crippen LogP contribution in [0.1, 0.15) is 13.3 Å². The van der Waals surface area contributed by atoms with Crippen molar-refractivity contribution in [3.63, 3.8) is 0 Å². The first kappa shape index (κ1) is 21.4. The molecule has 2 aromatic rings. The van der Waals surface area contributed by atoms with E-state index in [2.05, 4.69) is 45.8 Å². The molecule has 10 heteroatoms. The molecule has 0 aliphatic carbocycles. The molecule has 1 aromatic carbocycles. The van der Waals surface area contributed by atoms with E-state index in [0.717, 1.165) is 30.3 Å². The third-order valence-corrected chi connectivity index (χ3v) is 6.35. The van der Waals surface area contributed by atoms with Crippen LogP contribution in [-0.4, -0.2) is 60.1 Å². The van der Waals surface area contributed by atoms with Gasteiger partial charge in [-0.1, -0.05) is 19.6 Å². The van der Waals surface area contributed by atoms with Crippen molar-refractivity contribution in [3.8, 4) is 11.4 Å². The number of carbonyl (C=O) groups is 1. The highest BCUT2D eigenvalue weighted by molar-refractivity contribution is 6.76. The van der Waals surface area contributed by atoms with Crippen molar-refractivity contribution in [2.24, 2.45) is 0 Å². The maximum Gasteiger partial charge on any atom is 0.221 e. The van der Waals surface area contributed by atoms with Gasteiger partial charge in [0.05, 0.1) is 17.5 Å². The van der Waals surface area contributed by atoms with Crippen LogP contribution >= 0.6 is 0 Å². The number of amides is 1. The minimum absolute atomic E-state index is 0.124. The first-order valence-corrected chi connectivity index (χ1v) is 13.6. The van der Waals surface area contributed by atoms with Crippen molar-refractivity contribution in [2.75, 3.05) is 30.4 Å². The lowest BCUT2D eigenvalue weighted by Gasteiger charge is -2.27. The molecule has 1 aliphatic heterocycles. The van der Waals surface area contributed by atoms with Gasteiger partial charge in [-0.3, -0.25) is 4.79 Å². The maximum absolute atomic E-state index is 11.5. The SMILES string of the molecule is CC(=O)Nc1ccc(-c2nnnn2COCC[Si](C)(C)C)cc1NCC1CCO1. The third kappa shape index (κ3) is 6.34. The van der Waals surface area contributed by atoms with Crippen LogP contribution in [0.25, 0.3) is 11.4 Å². The van der Waals surface area contributed by atoms with Crippen LogP contribution < -0.4 is 10.6 Å². The van der Waals surface area contributed by atoms with Crippen LogP contribution in [-0.2, 0) is 21.0 Å². The lowest BCUT2D eigenvalue weighted by Crippen LogP contribution is -2.33. The van der Waals surface area contributed by atoms with Crippen molar-refractivity contribution >= 4 is 25.4 Å². The molecule has 1 aliphatic rings. The van der Waals surface area contributed by atoms with E-state index in [1.165, 1.54) is 6.92 Å². The fraction of sp³-hybridized carbons (Fsp3) is 0.579. The van der Waals surface area contributed by atoms with Crippen LogP contribution in [0.5, 0.6) is 0 Å². The molecular weight excluding hydrogens is 388 g/mol. The highest BCUT2D eigenvalue weighted by Crippen LogP contribution is 2.28. The zero-order valence-electron chi connectivity index (χ0n) is 17.6. The quantitative estimate of drug-likeness (QED) is 0.452. The highest BCUT2D eigenvalue weighted by atomic mass is 28.3. The van der Waals surface area contributed by atoms with Crippen LogP contribution in [0.15, 0.2) is 18.2 Å². The average molecular weight is 419 g/mol. The topological polar surface area (TPSA) is 103 Å². The minimum Gasteiger partial charge on any atom is -0.381 e. The van der Waals surface area contributed by atoms with E-state index < -0.39 is 8.07 Å². The molecule has 2 N–H and O–H groups in total. The summed E-state index contributed by atoms with van der Waals surface area (Å²) in [5.41, 5.74) is 2.36. The Morgan fingerprint density at radius 3 is 2.79 bits per heavy atom. The van der Waals surface area contributed by atoms with Gasteiger partial charge in [0.1, 0.15) is 6.73 Å². The fourth-order valence-electron chi connectivity index (χ4n) is 2.83. The highest BCUT2D eigenvalue weighted by Gasteiger charge is 2.19. The molecule has 158 valence electrons. The molecule has 0 spiro atoms. The molecule has 29 heavy (non-hydrogen) atoms. The third-order valence-electron chi connectivity index (χ3n) is 4.64. The lowest BCUT2D eigenvalue weighted by molar-refractivity contribution is -0.114. The Morgan fingerprint density at radius 2 is 2.14 bits per heavy atom. The Kier molecular flexibility index (Phi) is 6.99. The zero-order chi connectivity index (χ0) is 20.9. The second kappa shape index (κ2) is 9.46. The van der Waals surface area contributed by atoms with Gasteiger partial charge in [0.2, 0.25) is 5.91 Å². The van der Waals surface area contributed by atoms with E-state index in [4.69, 9.17) is 9.47 Å². The number of nitrogens with zero attached hydrogens (tertiary/aromatic N) is 4. The normalized spacial score (nSPS) is 16.3. The van der Waals surface area contributed by atoms with E-state index in [1.54, 1.807) is 4.68 Å². The van der Waals surface area contributed by atoms with Crippen molar-refractivity contribution < 1.29 is 14.3 Å².